The Labute approximate surface area is 229 Å². The molecule has 5 rings (SSSR count). The van der Waals surface area contributed by atoms with Crippen molar-refractivity contribution in [3.63, 3.8) is 0 Å². The molecule has 39 heavy (non-hydrogen) atoms. The fourth-order valence-electron chi connectivity index (χ4n) is 4.81. The number of hydrogen-bond donors (Lipinski definition) is 0. The van der Waals surface area contributed by atoms with E-state index >= 15 is 0 Å². The quantitative estimate of drug-likeness (QED) is 0.161. The van der Waals surface area contributed by atoms with Crippen molar-refractivity contribution in [1.29, 1.82) is 0 Å². The van der Waals surface area contributed by atoms with Crippen molar-refractivity contribution in [2.24, 2.45) is 7.05 Å². The van der Waals surface area contributed by atoms with Gasteiger partial charge in [-0.25, -0.2) is 4.68 Å². The summed E-state index contributed by atoms with van der Waals surface area (Å²) in [6.07, 6.45) is 2.25. The molecule has 0 saturated heterocycles. The molecule has 0 aliphatic carbocycles. The lowest BCUT2D eigenvalue weighted by atomic mass is 10.1. The number of halogens is 4. The summed E-state index contributed by atoms with van der Waals surface area (Å²) < 4.78 is 44.7. The normalized spacial score (nSPS) is 13.9. The van der Waals surface area contributed by atoms with Gasteiger partial charge in [0.15, 0.2) is 11.4 Å². The van der Waals surface area contributed by atoms with Gasteiger partial charge in [-0.2, -0.15) is 4.57 Å². The number of thioether (sulfide) groups is 1. The summed E-state index contributed by atoms with van der Waals surface area (Å²) in [5, 5.41) is 1.22. The highest BCUT2D eigenvalue weighted by Crippen LogP contribution is 2.46. The van der Waals surface area contributed by atoms with Gasteiger partial charge in [0.2, 0.25) is 0 Å². The Hall–Kier alpha value is -3.73. The lowest BCUT2D eigenvalue weighted by Gasteiger charge is -2.18. The molecule has 2 aromatic carbocycles. The number of rotatable bonds is 4. The average Bonchev–Trinajstić information content (AvgIpc) is 3.32. The van der Waals surface area contributed by atoms with Crippen LogP contribution in [0.2, 0.25) is 0 Å². The number of aromatic nitrogens is 3. The standard InChI is InChI=1S/C28H29N4OS.BF4/c1-6-30-24-14-10-11-15-25(24)34-26(30)18-22-16-19(2)31(20(3)17-22)27-21(4)29(5)32(28(27)33)23-12-8-7-9-13-23;2-1(3,4)5/h7-18H,6H2,1-5H3;/q+1;-1. The van der Waals surface area contributed by atoms with Crippen molar-refractivity contribution in [2.75, 3.05) is 11.4 Å². The number of para-hydroxylation sites is 2. The fraction of sp³-hybridized carbons (Fsp3) is 0.214. The Morgan fingerprint density at radius 1 is 0.923 bits per heavy atom. The fourth-order valence-corrected chi connectivity index (χ4v) is 6.00. The lowest BCUT2D eigenvalue weighted by molar-refractivity contribution is -0.611. The van der Waals surface area contributed by atoms with E-state index in [0.717, 1.165) is 34.9 Å². The zero-order valence-corrected chi connectivity index (χ0v) is 23.1. The molecule has 0 unspecified atom stereocenters. The number of fused-ring (bicyclic) bond motifs is 1. The third kappa shape index (κ3) is 5.98. The largest absolute Gasteiger partial charge is 0.673 e. The summed E-state index contributed by atoms with van der Waals surface area (Å²) in [5.41, 5.74) is 6.92. The Balaban J connectivity index is 0.000000648. The molecular weight excluding hydrogens is 527 g/mol. The van der Waals surface area contributed by atoms with Gasteiger partial charge in [0.25, 0.3) is 5.69 Å². The van der Waals surface area contributed by atoms with Gasteiger partial charge in [0, 0.05) is 44.5 Å². The van der Waals surface area contributed by atoms with E-state index in [-0.39, 0.29) is 5.56 Å². The lowest BCUT2D eigenvalue weighted by Crippen LogP contribution is -2.43. The van der Waals surface area contributed by atoms with Gasteiger partial charge in [0.1, 0.15) is 5.69 Å². The second-order valence-corrected chi connectivity index (χ2v) is 10.2. The van der Waals surface area contributed by atoms with Crippen LogP contribution < -0.4 is 15.0 Å². The van der Waals surface area contributed by atoms with Crippen LogP contribution in [-0.2, 0) is 7.05 Å². The van der Waals surface area contributed by atoms with Crippen molar-refractivity contribution in [3.8, 4) is 11.4 Å². The maximum Gasteiger partial charge on any atom is 0.673 e. The number of anilines is 1. The van der Waals surface area contributed by atoms with Gasteiger partial charge in [-0.3, -0.25) is 9.48 Å². The van der Waals surface area contributed by atoms with E-state index < -0.39 is 7.25 Å². The average molecular weight is 556 g/mol. The highest BCUT2D eigenvalue weighted by Gasteiger charge is 2.29. The van der Waals surface area contributed by atoms with Crippen LogP contribution in [0.25, 0.3) is 17.5 Å². The first-order chi connectivity index (χ1) is 18.4. The topological polar surface area (TPSA) is 34.0 Å². The highest BCUT2D eigenvalue weighted by molar-refractivity contribution is 8.03. The minimum absolute atomic E-state index is 0.0209. The maximum absolute atomic E-state index is 13.6. The van der Waals surface area contributed by atoms with Gasteiger partial charge >= 0.3 is 12.8 Å². The van der Waals surface area contributed by atoms with E-state index in [9.17, 15) is 22.1 Å². The molecule has 0 N–H and O–H groups in total. The molecular formula is C28H29BF4N4OS. The van der Waals surface area contributed by atoms with Crippen LogP contribution >= 0.6 is 11.8 Å². The Bertz CT molecular complexity index is 1570. The van der Waals surface area contributed by atoms with Gasteiger partial charge in [0.05, 0.1) is 16.4 Å². The molecule has 2 aromatic heterocycles. The van der Waals surface area contributed by atoms with E-state index in [1.807, 2.05) is 60.7 Å². The zero-order valence-electron chi connectivity index (χ0n) is 22.3. The predicted octanol–water partition coefficient (Wildman–Crippen LogP) is 6.61. The first-order valence-electron chi connectivity index (χ1n) is 12.4. The molecule has 0 radical (unpaired) electrons. The minimum atomic E-state index is -6.00. The molecule has 0 fully saturated rings. The van der Waals surface area contributed by atoms with E-state index in [1.54, 1.807) is 4.68 Å². The second kappa shape index (κ2) is 11.2. The van der Waals surface area contributed by atoms with Crippen LogP contribution in [0.5, 0.6) is 0 Å². The summed E-state index contributed by atoms with van der Waals surface area (Å²) in [6, 6.07) is 22.6. The molecule has 204 valence electrons. The van der Waals surface area contributed by atoms with E-state index in [1.165, 1.54) is 15.6 Å². The first-order valence-corrected chi connectivity index (χ1v) is 13.2. The van der Waals surface area contributed by atoms with Crippen molar-refractivity contribution in [2.45, 2.75) is 32.6 Å². The van der Waals surface area contributed by atoms with E-state index in [0.29, 0.717) is 5.69 Å². The van der Waals surface area contributed by atoms with E-state index in [4.69, 9.17) is 0 Å². The van der Waals surface area contributed by atoms with Gasteiger partial charge in [-0.05, 0) is 49.8 Å². The molecule has 11 heteroatoms. The van der Waals surface area contributed by atoms with Crippen LogP contribution in [0.15, 0.2) is 81.4 Å². The number of benzene rings is 2. The number of aryl methyl sites for hydroxylation is 2. The molecule has 0 saturated carbocycles. The molecule has 0 atom stereocenters. The van der Waals surface area contributed by atoms with Crippen molar-refractivity contribution in [3.05, 3.63) is 105 Å². The number of hydrogen-bond acceptors (Lipinski definition) is 3. The summed E-state index contributed by atoms with van der Waals surface area (Å²) in [7, 11) is -4.06. The summed E-state index contributed by atoms with van der Waals surface area (Å²) in [5.74, 6) is 0. The molecule has 5 nitrogen and oxygen atoms in total. The SMILES string of the molecule is CCN1/C(=C/c2cc(C)[n+](-c3c(C)n(C)n(-c4ccccc4)c3=O)c(C)c2)Sc2ccccc21.F[B-](F)(F)F. The third-order valence-electron chi connectivity index (χ3n) is 6.45. The van der Waals surface area contributed by atoms with Crippen LogP contribution in [0.4, 0.5) is 23.0 Å². The highest BCUT2D eigenvalue weighted by atomic mass is 32.2. The van der Waals surface area contributed by atoms with Crippen LogP contribution in [0.3, 0.4) is 0 Å². The van der Waals surface area contributed by atoms with Crippen LogP contribution in [0.1, 0.15) is 29.6 Å². The van der Waals surface area contributed by atoms with Crippen molar-refractivity contribution >= 4 is 30.8 Å². The molecule has 0 bridgehead atoms. The molecule has 0 amide bonds. The molecule has 1 aliphatic heterocycles. The Morgan fingerprint density at radius 2 is 1.49 bits per heavy atom. The number of pyridine rings is 1. The second-order valence-electron chi connectivity index (χ2n) is 9.11. The smallest absolute Gasteiger partial charge is 0.418 e. The molecule has 1 aliphatic rings. The molecule has 4 aromatic rings. The monoisotopic (exact) mass is 556 g/mol. The van der Waals surface area contributed by atoms with Gasteiger partial charge < -0.3 is 22.2 Å². The first kappa shape index (κ1) is 28.3. The van der Waals surface area contributed by atoms with Gasteiger partial charge in [-0.15, -0.1) is 0 Å². The maximum atomic E-state index is 13.6. The molecule has 0 spiro atoms. The predicted molar refractivity (Wildman–Crippen MR) is 150 cm³/mol. The molecule has 3 heterocycles. The summed E-state index contributed by atoms with van der Waals surface area (Å²) >= 11 is 1.81. The van der Waals surface area contributed by atoms with Crippen LogP contribution in [-0.4, -0.2) is 23.2 Å². The summed E-state index contributed by atoms with van der Waals surface area (Å²) in [6.45, 7) is 9.25. The third-order valence-corrected chi connectivity index (χ3v) is 7.56. The van der Waals surface area contributed by atoms with Crippen molar-refractivity contribution in [1.82, 2.24) is 9.36 Å². The Kier molecular flexibility index (Phi) is 8.11. The van der Waals surface area contributed by atoms with Crippen LogP contribution in [0, 0.1) is 20.8 Å². The van der Waals surface area contributed by atoms with Gasteiger partial charge in [-0.1, -0.05) is 42.1 Å². The number of nitrogens with zero attached hydrogens (tertiary/aromatic N) is 4. The summed E-state index contributed by atoms with van der Waals surface area (Å²) in [4.78, 5) is 17.2. The Morgan fingerprint density at radius 3 is 2.08 bits per heavy atom. The van der Waals surface area contributed by atoms with E-state index in [2.05, 4.69) is 72.7 Å². The minimum Gasteiger partial charge on any atom is -0.418 e. The zero-order chi connectivity index (χ0) is 28.5. The van der Waals surface area contributed by atoms with Crippen molar-refractivity contribution < 1.29 is 21.8 Å².